The Kier molecular flexibility index (Phi) is 4.64. The highest BCUT2D eigenvalue weighted by Crippen LogP contribution is 2.33. The number of nitrogens with zero attached hydrogens (tertiary/aromatic N) is 1. The lowest BCUT2D eigenvalue weighted by Crippen LogP contribution is -2.56. The lowest BCUT2D eigenvalue weighted by molar-refractivity contribution is 0.0297. The number of aliphatic hydroxyl groups excluding tert-OH is 1. The molecular formula is C14H28N2O2. The van der Waals surface area contributed by atoms with Gasteiger partial charge in [0.15, 0.2) is 0 Å². The van der Waals surface area contributed by atoms with Gasteiger partial charge in [-0.15, -0.1) is 0 Å². The third-order valence-corrected chi connectivity index (χ3v) is 5.09. The molecule has 2 N–H and O–H groups in total. The van der Waals surface area contributed by atoms with E-state index in [9.17, 15) is 5.11 Å². The lowest BCUT2D eigenvalue weighted by Gasteiger charge is -2.45. The third kappa shape index (κ3) is 2.72. The van der Waals surface area contributed by atoms with Crippen LogP contribution in [0.25, 0.3) is 0 Å². The van der Waals surface area contributed by atoms with Crippen LogP contribution in [-0.4, -0.2) is 61.0 Å². The summed E-state index contributed by atoms with van der Waals surface area (Å²) in [7, 11) is 4.20. The van der Waals surface area contributed by atoms with Gasteiger partial charge in [0, 0.05) is 24.2 Å². The quantitative estimate of drug-likeness (QED) is 0.787. The second kappa shape index (κ2) is 5.87. The molecule has 0 spiro atoms. The van der Waals surface area contributed by atoms with Crippen molar-refractivity contribution in [2.75, 3.05) is 27.3 Å². The predicted octanol–water partition coefficient (Wildman–Crippen LogP) is 0.989. The Morgan fingerprint density at radius 2 is 2.22 bits per heavy atom. The van der Waals surface area contributed by atoms with Gasteiger partial charge in [0.1, 0.15) is 0 Å². The number of aliphatic hydroxyl groups is 1. The van der Waals surface area contributed by atoms with Gasteiger partial charge in [0.05, 0.1) is 12.7 Å². The molecule has 4 heteroatoms. The van der Waals surface area contributed by atoms with E-state index in [1.165, 1.54) is 12.8 Å². The van der Waals surface area contributed by atoms with Gasteiger partial charge >= 0.3 is 0 Å². The molecule has 0 aromatic carbocycles. The minimum atomic E-state index is -0.0696. The van der Waals surface area contributed by atoms with Gasteiger partial charge in [0.25, 0.3) is 0 Å². The van der Waals surface area contributed by atoms with Crippen LogP contribution in [0.4, 0.5) is 0 Å². The van der Waals surface area contributed by atoms with E-state index in [-0.39, 0.29) is 12.1 Å². The van der Waals surface area contributed by atoms with Crippen molar-refractivity contribution in [3.63, 3.8) is 0 Å². The summed E-state index contributed by atoms with van der Waals surface area (Å²) in [6.07, 6.45) is 6.04. The molecule has 2 fully saturated rings. The molecule has 1 saturated carbocycles. The number of rotatable bonds is 4. The average molecular weight is 256 g/mol. The van der Waals surface area contributed by atoms with E-state index in [1.54, 1.807) is 0 Å². The van der Waals surface area contributed by atoms with E-state index < -0.39 is 0 Å². The van der Waals surface area contributed by atoms with Crippen molar-refractivity contribution < 1.29 is 9.84 Å². The van der Waals surface area contributed by atoms with E-state index in [0.29, 0.717) is 18.2 Å². The third-order valence-electron chi connectivity index (χ3n) is 5.09. The zero-order valence-corrected chi connectivity index (χ0v) is 12.0. The monoisotopic (exact) mass is 256 g/mol. The molecular weight excluding hydrogens is 228 g/mol. The number of ether oxygens (including phenoxy) is 1. The van der Waals surface area contributed by atoms with E-state index in [2.05, 4.69) is 24.2 Å². The van der Waals surface area contributed by atoms with Gasteiger partial charge in [-0.3, -0.25) is 4.90 Å². The van der Waals surface area contributed by atoms with Crippen LogP contribution in [0.3, 0.4) is 0 Å². The van der Waals surface area contributed by atoms with Crippen LogP contribution in [0.2, 0.25) is 0 Å². The molecule has 4 unspecified atom stereocenters. The average Bonchev–Trinajstić information content (AvgIpc) is 2.84. The first kappa shape index (κ1) is 14.3. The number of nitrogens with one attached hydrogen (secondary N) is 1. The first-order valence-corrected chi connectivity index (χ1v) is 7.25. The molecule has 0 bridgehead atoms. The van der Waals surface area contributed by atoms with Crippen molar-refractivity contribution in [2.24, 2.45) is 0 Å². The van der Waals surface area contributed by atoms with Gasteiger partial charge < -0.3 is 15.2 Å². The summed E-state index contributed by atoms with van der Waals surface area (Å²) in [4.78, 5) is 2.50. The summed E-state index contributed by atoms with van der Waals surface area (Å²) in [5, 5.41) is 13.0. The zero-order chi connectivity index (χ0) is 13.2. The normalized spacial score (nSPS) is 41.5. The molecule has 1 aliphatic heterocycles. The van der Waals surface area contributed by atoms with Crippen LogP contribution in [-0.2, 0) is 4.74 Å². The molecule has 2 rings (SSSR count). The van der Waals surface area contributed by atoms with Gasteiger partial charge in [-0.25, -0.2) is 0 Å². The summed E-state index contributed by atoms with van der Waals surface area (Å²) in [5.41, 5.74) is -0.0696. The largest absolute Gasteiger partial charge is 0.394 e. The fraction of sp³-hybridized carbons (Fsp3) is 1.00. The van der Waals surface area contributed by atoms with Gasteiger partial charge in [-0.05, 0) is 53.1 Å². The van der Waals surface area contributed by atoms with Gasteiger partial charge in [-0.2, -0.15) is 0 Å². The lowest BCUT2D eigenvalue weighted by atomic mass is 9.78. The smallest absolute Gasteiger partial charge is 0.0703 e. The van der Waals surface area contributed by atoms with E-state index in [0.717, 1.165) is 25.9 Å². The van der Waals surface area contributed by atoms with E-state index >= 15 is 0 Å². The first-order valence-electron chi connectivity index (χ1n) is 7.25. The fourth-order valence-electron chi connectivity index (χ4n) is 3.65. The van der Waals surface area contributed by atoms with E-state index in [4.69, 9.17) is 4.74 Å². The van der Waals surface area contributed by atoms with Crippen molar-refractivity contribution in [2.45, 2.75) is 62.8 Å². The molecule has 4 atom stereocenters. The first-order chi connectivity index (χ1) is 8.62. The second-order valence-corrected chi connectivity index (χ2v) is 6.04. The molecule has 1 aliphatic carbocycles. The topological polar surface area (TPSA) is 44.7 Å². The number of hydrogen-bond donors (Lipinski definition) is 2. The van der Waals surface area contributed by atoms with Crippen molar-refractivity contribution in [1.82, 2.24) is 10.2 Å². The number of likely N-dealkylation sites (N-methyl/N-ethyl adjacent to an activating group) is 2. The maximum absolute atomic E-state index is 9.65. The van der Waals surface area contributed by atoms with Crippen LogP contribution in [0.1, 0.15) is 39.0 Å². The van der Waals surface area contributed by atoms with Crippen molar-refractivity contribution in [3.05, 3.63) is 0 Å². The van der Waals surface area contributed by atoms with Crippen molar-refractivity contribution in [3.8, 4) is 0 Å². The molecule has 0 aromatic heterocycles. The Balaban J connectivity index is 1.99. The van der Waals surface area contributed by atoms with Crippen molar-refractivity contribution in [1.29, 1.82) is 0 Å². The summed E-state index contributed by atoms with van der Waals surface area (Å²) in [5.74, 6) is 0. The molecule has 1 heterocycles. The fourth-order valence-corrected chi connectivity index (χ4v) is 3.65. The Morgan fingerprint density at radius 1 is 1.44 bits per heavy atom. The molecule has 4 nitrogen and oxygen atoms in total. The zero-order valence-electron chi connectivity index (χ0n) is 12.0. The highest BCUT2D eigenvalue weighted by Gasteiger charge is 2.39. The molecule has 18 heavy (non-hydrogen) atoms. The Hall–Kier alpha value is -0.160. The molecule has 0 radical (unpaired) electrons. The molecule has 0 aromatic rings. The Labute approximate surface area is 111 Å². The Bertz CT molecular complexity index is 269. The van der Waals surface area contributed by atoms with Crippen LogP contribution in [0.5, 0.6) is 0 Å². The van der Waals surface area contributed by atoms with Crippen molar-refractivity contribution >= 4 is 0 Å². The summed E-state index contributed by atoms with van der Waals surface area (Å²) in [6, 6.07) is 1.11. The van der Waals surface area contributed by atoms with Crippen LogP contribution in [0, 0.1) is 0 Å². The Morgan fingerprint density at radius 3 is 2.78 bits per heavy atom. The number of hydrogen-bond acceptors (Lipinski definition) is 4. The summed E-state index contributed by atoms with van der Waals surface area (Å²) >= 11 is 0. The molecule has 2 aliphatic rings. The SMILES string of the molecule is CNC1(CO)CCCC(N(C)C2CCOC2C)C1. The predicted molar refractivity (Wildman–Crippen MR) is 72.7 cm³/mol. The van der Waals surface area contributed by atoms with Crippen LogP contribution in [0.15, 0.2) is 0 Å². The molecule has 106 valence electrons. The van der Waals surface area contributed by atoms with Crippen LogP contribution >= 0.6 is 0 Å². The van der Waals surface area contributed by atoms with Gasteiger partial charge in [0.2, 0.25) is 0 Å². The second-order valence-electron chi connectivity index (χ2n) is 6.04. The maximum atomic E-state index is 9.65. The summed E-state index contributed by atoms with van der Waals surface area (Å²) in [6.45, 7) is 3.30. The van der Waals surface area contributed by atoms with Gasteiger partial charge in [-0.1, -0.05) is 0 Å². The minimum Gasteiger partial charge on any atom is -0.394 e. The highest BCUT2D eigenvalue weighted by molar-refractivity contribution is 4.97. The molecule has 0 amide bonds. The maximum Gasteiger partial charge on any atom is 0.0703 e. The molecule has 1 saturated heterocycles. The van der Waals surface area contributed by atoms with E-state index in [1.807, 2.05) is 7.05 Å². The minimum absolute atomic E-state index is 0.0696. The highest BCUT2D eigenvalue weighted by atomic mass is 16.5. The standard InChI is InChI=1S/C14H28N2O2/c1-11-13(6-8-18-11)16(3)12-5-4-7-14(9-12,10-17)15-2/h11-13,15,17H,4-10H2,1-3H3. The van der Waals surface area contributed by atoms with Crippen LogP contribution < -0.4 is 5.32 Å². The summed E-state index contributed by atoms with van der Waals surface area (Å²) < 4.78 is 5.68.